The van der Waals surface area contributed by atoms with Crippen LogP contribution >= 0.6 is 47.8 Å². The van der Waals surface area contributed by atoms with Crippen LogP contribution in [0, 0.1) is 0 Å². The lowest BCUT2D eigenvalue weighted by Crippen LogP contribution is -1.72. The van der Waals surface area contributed by atoms with Crippen molar-refractivity contribution in [2.75, 3.05) is 0 Å². The Labute approximate surface area is 104 Å². The minimum atomic E-state index is 0.832. The molecule has 0 amide bonds. The summed E-state index contributed by atoms with van der Waals surface area (Å²) in [4.78, 5) is 0. The second-order valence-corrected chi connectivity index (χ2v) is 5.29. The van der Waals surface area contributed by atoms with Crippen LogP contribution in [-0.2, 0) is 21.3 Å². The quantitative estimate of drug-likeness (QED) is 0.694. The van der Waals surface area contributed by atoms with Gasteiger partial charge in [-0.2, -0.15) is 4.36 Å². The third-order valence-electron chi connectivity index (χ3n) is 1.11. The highest BCUT2D eigenvalue weighted by Gasteiger charge is 2.04. The highest BCUT2D eigenvalue weighted by molar-refractivity contribution is 9.11. The molecule has 0 fully saturated rings. The molecule has 0 heterocycles. The number of nitrogens with zero attached hydrogens (tertiary/aromatic N) is 1. The van der Waals surface area contributed by atoms with Crippen LogP contribution in [0.5, 0.6) is 0 Å². The Morgan fingerprint density at radius 1 is 1.17 bits per heavy atom. The molecule has 1 rings (SSSR count). The molecule has 0 bridgehead atoms. The predicted molar refractivity (Wildman–Crippen MR) is 66.4 cm³/mol. The average Bonchev–Trinajstić information content (AvgIpc) is 1.96. The summed E-state index contributed by atoms with van der Waals surface area (Å²) >= 11 is 14.8. The first kappa shape index (κ1) is 11.0. The van der Waals surface area contributed by atoms with Gasteiger partial charge in [-0.05, 0) is 44.0 Å². The molecule has 0 radical (unpaired) electrons. The molecule has 0 aliphatic heterocycles. The summed E-state index contributed by atoms with van der Waals surface area (Å²) in [5.41, 5.74) is 0.832. The highest BCUT2D eigenvalue weighted by atomic mass is 79.9. The minimum Gasteiger partial charge on any atom is -0.180 e. The summed E-state index contributed by atoms with van der Waals surface area (Å²) in [5, 5.41) is 0. The van der Waals surface area contributed by atoms with Gasteiger partial charge in [0.05, 0.1) is 0 Å². The van der Waals surface area contributed by atoms with Gasteiger partial charge in [-0.3, -0.25) is 0 Å². The number of halogens is 3. The third kappa shape index (κ3) is 2.70. The maximum Gasteiger partial charge on any atom is 0.105 e. The predicted octanol–water partition coefficient (Wildman–Crippen LogP) is 4.33. The van der Waals surface area contributed by atoms with Crippen molar-refractivity contribution in [2.45, 2.75) is 0 Å². The Kier molecular flexibility index (Phi) is 4.53. The summed E-state index contributed by atoms with van der Waals surface area (Å²) in [6.07, 6.45) is 0. The smallest absolute Gasteiger partial charge is 0.105 e. The molecule has 0 N–H and O–H groups in total. The lowest BCUT2D eigenvalue weighted by Gasteiger charge is -2.00. The lowest BCUT2D eigenvalue weighted by atomic mass is 10.3. The fraction of sp³-hybridized carbons (Fsp3) is 0. The van der Waals surface area contributed by atoms with Crippen molar-refractivity contribution in [1.29, 1.82) is 0 Å². The minimum absolute atomic E-state index is 0.832. The lowest BCUT2D eigenvalue weighted by molar-refractivity contribution is 1.47. The molecule has 0 saturated carbocycles. The van der Waals surface area contributed by atoms with E-state index >= 15 is 0 Å². The molecule has 0 spiro atoms. The maximum absolute atomic E-state index is 4.68. The monoisotopic (exact) mass is 389 g/mol. The van der Waals surface area contributed by atoms with E-state index in [1.54, 1.807) is 0 Å². The van der Waals surface area contributed by atoms with Crippen LogP contribution in [0.3, 0.4) is 0 Å². The maximum atomic E-state index is 4.68. The summed E-state index contributed by atoms with van der Waals surface area (Å²) < 4.78 is 6.89. The summed E-state index contributed by atoms with van der Waals surface area (Å²) in [7, 11) is 1.02. The van der Waals surface area contributed by atoms with Crippen LogP contribution in [0.2, 0.25) is 0 Å². The van der Waals surface area contributed by atoms with Gasteiger partial charge in [-0.15, -0.1) is 0 Å². The fourth-order valence-corrected chi connectivity index (χ4v) is 3.82. The molecule has 0 aliphatic rings. The number of benzene rings is 1. The Hall–Kier alpha value is 0.900. The van der Waals surface area contributed by atoms with Gasteiger partial charge in [-0.1, -0.05) is 15.9 Å². The van der Waals surface area contributed by atoms with E-state index in [1.165, 1.54) is 0 Å². The summed E-state index contributed by atoms with van der Waals surface area (Å²) in [6.45, 7) is 0. The van der Waals surface area contributed by atoms with E-state index in [1.807, 2.05) is 12.1 Å². The van der Waals surface area contributed by atoms with E-state index in [4.69, 9.17) is 0 Å². The zero-order chi connectivity index (χ0) is 9.14. The van der Waals surface area contributed by atoms with Crippen molar-refractivity contribution in [3.63, 3.8) is 0 Å². The normalized spacial score (nSPS) is 9.58. The van der Waals surface area contributed by atoms with Crippen molar-refractivity contribution in [1.82, 2.24) is 0 Å². The first-order valence-electron chi connectivity index (χ1n) is 2.79. The van der Waals surface area contributed by atoms with Gasteiger partial charge in [0.1, 0.15) is 5.69 Å². The summed E-state index contributed by atoms with van der Waals surface area (Å²) in [5.74, 6) is 0. The topological polar surface area (TPSA) is 12.4 Å². The van der Waals surface area contributed by atoms with E-state index in [2.05, 4.69) is 63.3 Å². The van der Waals surface area contributed by atoms with Gasteiger partial charge in [0.15, 0.2) is 0 Å². The molecule has 1 aromatic rings. The number of rotatable bonds is 1. The molecule has 0 saturated heterocycles. The molecule has 64 valence electrons. The molecular weight excluding hydrogens is 390 g/mol. The first-order chi connectivity index (χ1) is 5.65. The van der Waals surface area contributed by atoms with Crippen molar-refractivity contribution < 1.29 is 0 Å². The molecule has 1 nitrogen and oxygen atoms in total. The van der Waals surface area contributed by atoms with Gasteiger partial charge in [0.2, 0.25) is 0 Å². The van der Waals surface area contributed by atoms with E-state index in [9.17, 15) is 0 Å². The molecule has 12 heavy (non-hydrogen) atoms. The second kappa shape index (κ2) is 4.95. The van der Waals surface area contributed by atoms with Gasteiger partial charge < -0.3 is 0 Å². The molecular formula is C6H2Br3NS2. The van der Waals surface area contributed by atoms with Crippen molar-refractivity contribution in [3.8, 4) is 0 Å². The van der Waals surface area contributed by atoms with Crippen molar-refractivity contribution in [3.05, 3.63) is 25.6 Å². The van der Waals surface area contributed by atoms with Crippen molar-refractivity contribution in [2.24, 2.45) is 4.36 Å². The average molecular weight is 392 g/mol. The zero-order valence-electron chi connectivity index (χ0n) is 5.55. The van der Waals surface area contributed by atoms with Crippen LogP contribution in [0.15, 0.2) is 29.9 Å². The van der Waals surface area contributed by atoms with Crippen LogP contribution in [-0.4, -0.2) is 0 Å². The third-order valence-corrected chi connectivity index (χ3v) is 3.26. The SMILES string of the molecule is S=S=Nc1c(Br)cc(Br)cc1Br. The van der Waals surface area contributed by atoms with Crippen LogP contribution in [0.1, 0.15) is 0 Å². The molecule has 6 heteroatoms. The molecule has 0 aliphatic carbocycles. The van der Waals surface area contributed by atoms with E-state index < -0.39 is 0 Å². The number of hydrogen-bond donors (Lipinski definition) is 0. The van der Waals surface area contributed by atoms with E-state index in [0.29, 0.717) is 0 Å². The van der Waals surface area contributed by atoms with Gasteiger partial charge in [-0.25, -0.2) is 0 Å². The van der Waals surface area contributed by atoms with E-state index in [0.717, 1.165) is 29.2 Å². The molecule has 0 unspecified atom stereocenters. The Bertz CT molecular complexity index is 337. The molecule has 0 atom stereocenters. The zero-order valence-corrected chi connectivity index (χ0v) is 11.9. The van der Waals surface area contributed by atoms with Gasteiger partial charge in [0, 0.05) is 34.7 Å². The standard InChI is InChI=1S/C6H2Br3NS2/c7-3-1-4(8)6(10-12-11)5(9)2-3/h1-2H. The van der Waals surface area contributed by atoms with Crippen LogP contribution in [0.25, 0.3) is 0 Å². The van der Waals surface area contributed by atoms with Gasteiger partial charge in [0.25, 0.3) is 0 Å². The van der Waals surface area contributed by atoms with Gasteiger partial charge >= 0.3 is 0 Å². The highest BCUT2D eigenvalue weighted by Crippen LogP contribution is 2.36. The van der Waals surface area contributed by atoms with E-state index in [-0.39, 0.29) is 0 Å². The largest absolute Gasteiger partial charge is 0.180 e. The Balaban J connectivity index is 3.37. The molecule has 0 aromatic heterocycles. The summed E-state index contributed by atoms with van der Waals surface area (Å²) in [6, 6.07) is 3.85. The Morgan fingerprint density at radius 3 is 2.08 bits per heavy atom. The second-order valence-electron chi connectivity index (χ2n) is 1.88. The first-order valence-corrected chi connectivity index (χ1v) is 6.87. The fourth-order valence-electron chi connectivity index (χ4n) is 0.659. The molecule has 1 aromatic carbocycles. The van der Waals surface area contributed by atoms with Crippen molar-refractivity contribution >= 4 is 74.8 Å². The van der Waals surface area contributed by atoms with Crippen LogP contribution in [0.4, 0.5) is 5.69 Å². The number of hydrogen-bond acceptors (Lipinski definition) is 2. The van der Waals surface area contributed by atoms with Crippen LogP contribution < -0.4 is 0 Å². The Morgan fingerprint density at radius 2 is 1.67 bits per heavy atom.